The number of thiazole rings is 1. The first-order valence-corrected chi connectivity index (χ1v) is 7.18. The predicted molar refractivity (Wildman–Crippen MR) is 74.6 cm³/mol. The molecule has 98 valence electrons. The molecule has 7 heteroatoms. The summed E-state index contributed by atoms with van der Waals surface area (Å²) in [5.74, 6) is 1.08. The van der Waals surface area contributed by atoms with Gasteiger partial charge in [0.1, 0.15) is 16.9 Å². The van der Waals surface area contributed by atoms with Crippen LogP contribution in [0.3, 0.4) is 0 Å². The molecule has 0 aromatic carbocycles. The second-order valence-corrected chi connectivity index (χ2v) is 5.73. The number of nitrogens with zero attached hydrogens (tertiary/aromatic N) is 5. The Labute approximate surface area is 114 Å². The zero-order valence-corrected chi connectivity index (χ0v) is 11.6. The van der Waals surface area contributed by atoms with Crippen LogP contribution in [0.5, 0.6) is 0 Å². The fourth-order valence-electron chi connectivity index (χ4n) is 2.78. The van der Waals surface area contributed by atoms with E-state index in [1.807, 2.05) is 30.2 Å². The van der Waals surface area contributed by atoms with E-state index >= 15 is 0 Å². The minimum Gasteiger partial charge on any atom is -0.370 e. The van der Waals surface area contributed by atoms with Crippen LogP contribution in [-0.2, 0) is 7.05 Å². The highest BCUT2D eigenvalue weighted by Crippen LogP contribution is 2.36. The summed E-state index contributed by atoms with van der Waals surface area (Å²) in [5, 5.41) is 16.9. The molecule has 1 aliphatic rings. The number of aryl methyl sites for hydroxylation is 2. The third-order valence-electron chi connectivity index (χ3n) is 3.60. The van der Waals surface area contributed by atoms with Gasteiger partial charge in [0.2, 0.25) is 0 Å². The van der Waals surface area contributed by atoms with Crippen molar-refractivity contribution < 1.29 is 0 Å². The molecule has 1 N–H and O–H groups in total. The van der Waals surface area contributed by atoms with Crippen LogP contribution in [0.4, 0.5) is 5.82 Å². The lowest BCUT2D eigenvalue weighted by molar-refractivity contribution is 0.480. The van der Waals surface area contributed by atoms with E-state index < -0.39 is 0 Å². The van der Waals surface area contributed by atoms with Crippen LogP contribution in [0.25, 0.3) is 11.0 Å². The Morgan fingerprint density at radius 3 is 3.11 bits per heavy atom. The van der Waals surface area contributed by atoms with E-state index in [2.05, 4.69) is 20.1 Å². The van der Waals surface area contributed by atoms with Gasteiger partial charge in [0, 0.05) is 25.2 Å². The van der Waals surface area contributed by atoms with Crippen molar-refractivity contribution in [1.29, 1.82) is 0 Å². The highest BCUT2D eigenvalue weighted by Gasteiger charge is 2.28. The molecule has 3 aromatic rings. The molecule has 0 bridgehead atoms. The molecule has 6 nitrogen and oxygen atoms in total. The van der Waals surface area contributed by atoms with Crippen molar-refractivity contribution in [2.75, 3.05) is 11.9 Å². The molecule has 1 atom stereocenters. The standard InChI is InChI=1S/C12H14N6S/c1-7-9-10-13-4-3-8(12-14-5-6-19-12)18(10)16-11(9)17(2)15-7/h5-6,8,13H,3-4H2,1-2H3. The van der Waals surface area contributed by atoms with Gasteiger partial charge >= 0.3 is 0 Å². The molecule has 0 radical (unpaired) electrons. The Morgan fingerprint density at radius 1 is 1.42 bits per heavy atom. The Bertz CT molecular complexity index is 738. The lowest BCUT2D eigenvalue weighted by atomic mass is 10.1. The zero-order valence-electron chi connectivity index (χ0n) is 10.8. The van der Waals surface area contributed by atoms with Gasteiger partial charge in [-0.1, -0.05) is 0 Å². The molecular formula is C12H14N6S. The van der Waals surface area contributed by atoms with Crippen LogP contribution in [0, 0.1) is 6.92 Å². The highest BCUT2D eigenvalue weighted by molar-refractivity contribution is 7.09. The van der Waals surface area contributed by atoms with Gasteiger partial charge in [0.15, 0.2) is 5.65 Å². The van der Waals surface area contributed by atoms with Gasteiger partial charge < -0.3 is 5.32 Å². The number of fused-ring (bicyclic) bond motifs is 3. The summed E-state index contributed by atoms with van der Waals surface area (Å²) in [6, 6.07) is 0.239. The van der Waals surface area contributed by atoms with E-state index in [4.69, 9.17) is 5.10 Å². The van der Waals surface area contributed by atoms with E-state index in [0.717, 1.165) is 40.5 Å². The van der Waals surface area contributed by atoms with Crippen molar-refractivity contribution in [3.05, 3.63) is 22.3 Å². The van der Waals surface area contributed by atoms with E-state index in [-0.39, 0.29) is 6.04 Å². The predicted octanol–water partition coefficient (Wildman–Crippen LogP) is 1.94. The summed E-state index contributed by atoms with van der Waals surface area (Å²) in [4.78, 5) is 4.45. The first-order chi connectivity index (χ1) is 9.25. The number of rotatable bonds is 1. The molecule has 3 aromatic heterocycles. The maximum Gasteiger partial charge on any atom is 0.182 e. The Hall–Kier alpha value is -1.89. The molecule has 0 fully saturated rings. The van der Waals surface area contributed by atoms with Crippen molar-refractivity contribution in [2.24, 2.45) is 7.05 Å². The van der Waals surface area contributed by atoms with Crippen LogP contribution in [-0.4, -0.2) is 31.1 Å². The highest BCUT2D eigenvalue weighted by atomic mass is 32.1. The average molecular weight is 274 g/mol. The smallest absolute Gasteiger partial charge is 0.182 e. The largest absolute Gasteiger partial charge is 0.370 e. The van der Waals surface area contributed by atoms with Gasteiger partial charge in [-0.3, -0.25) is 0 Å². The second kappa shape index (κ2) is 3.80. The molecule has 4 heterocycles. The van der Waals surface area contributed by atoms with E-state index in [1.165, 1.54) is 0 Å². The van der Waals surface area contributed by atoms with Crippen LogP contribution in [0.15, 0.2) is 11.6 Å². The topological polar surface area (TPSA) is 60.6 Å². The maximum atomic E-state index is 4.73. The Morgan fingerprint density at radius 2 is 2.32 bits per heavy atom. The third-order valence-corrected chi connectivity index (χ3v) is 4.48. The van der Waals surface area contributed by atoms with E-state index in [0.29, 0.717) is 0 Å². The van der Waals surface area contributed by atoms with Crippen molar-refractivity contribution >= 4 is 28.2 Å². The number of hydrogen-bond acceptors (Lipinski definition) is 5. The number of anilines is 1. The summed E-state index contributed by atoms with van der Waals surface area (Å²) in [6.07, 6.45) is 2.87. The van der Waals surface area contributed by atoms with Crippen molar-refractivity contribution in [2.45, 2.75) is 19.4 Å². The molecule has 1 aliphatic heterocycles. The monoisotopic (exact) mass is 274 g/mol. The summed E-state index contributed by atoms with van der Waals surface area (Å²) >= 11 is 1.69. The van der Waals surface area contributed by atoms with Gasteiger partial charge in [-0.05, 0) is 13.3 Å². The van der Waals surface area contributed by atoms with Gasteiger partial charge in [-0.25, -0.2) is 14.3 Å². The minimum absolute atomic E-state index is 0.239. The SMILES string of the molecule is Cc1nn(C)c2nn3c(c12)NCCC3c1nccs1. The number of hydrogen-bond donors (Lipinski definition) is 1. The number of aromatic nitrogens is 5. The van der Waals surface area contributed by atoms with Crippen molar-refractivity contribution in [1.82, 2.24) is 24.5 Å². The van der Waals surface area contributed by atoms with Gasteiger partial charge in [0.25, 0.3) is 0 Å². The molecule has 4 rings (SSSR count). The third kappa shape index (κ3) is 1.45. The van der Waals surface area contributed by atoms with Gasteiger partial charge in [-0.15, -0.1) is 16.4 Å². The molecule has 0 amide bonds. The normalized spacial score (nSPS) is 18.5. The lowest BCUT2D eigenvalue weighted by Gasteiger charge is -2.24. The van der Waals surface area contributed by atoms with Gasteiger partial charge in [0.05, 0.1) is 11.1 Å². The molecule has 0 saturated heterocycles. The summed E-state index contributed by atoms with van der Waals surface area (Å²) in [7, 11) is 1.94. The molecule has 0 saturated carbocycles. The van der Waals surface area contributed by atoms with E-state index in [9.17, 15) is 0 Å². The zero-order chi connectivity index (χ0) is 13.0. The first-order valence-electron chi connectivity index (χ1n) is 6.31. The Kier molecular flexibility index (Phi) is 2.20. The Balaban J connectivity index is 1.96. The summed E-state index contributed by atoms with van der Waals surface area (Å²) in [5.41, 5.74) is 1.95. The van der Waals surface area contributed by atoms with Crippen LogP contribution >= 0.6 is 11.3 Å². The quantitative estimate of drug-likeness (QED) is 0.736. The summed E-state index contributed by atoms with van der Waals surface area (Å²) < 4.78 is 3.91. The summed E-state index contributed by atoms with van der Waals surface area (Å²) in [6.45, 7) is 2.97. The minimum atomic E-state index is 0.239. The fraction of sp³-hybridized carbons (Fsp3) is 0.417. The molecule has 0 aliphatic carbocycles. The molecule has 1 unspecified atom stereocenters. The van der Waals surface area contributed by atoms with Crippen LogP contribution in [0.2, 0.25) is 0 Å². The molecule has 0 spiro atoms. The number of nitrogens with one attached hydrogen (secondary N) is 1. The second-order valence-electron chi connectivity index (χ2n) is 4.80. The first kappa shape index (κ1) is 11.0. The van der Waals surface area contributed by atoms with Gasteiger partial charge in [-0.2, -0.15) is 5.10 Å². The molecular weight excluding hydrogens is 260 g/mol. The molecule has 19 heavy (non-hydrogen) atoms. The van der Waals surface area contributed by atoms with Crippen molar-refractivity contribution in [3.8, 4) is 0 Å². The lowest BCUT2D eigenvalue weighted by Crippen LogP contribution is -2.24. The van der Waals surface area contributed by atoms with Crippen LogP contribution < -0.4 is 5.32 Å². The van der Waals surface area contributed by atoms with Crippen molar-refractivity contribution in [3.63, 3.8) is 0 Å². The maximum absolute atomic E-state index is 4.73. The fourth-order valence-corrected chi connectivity index (χ4v) is 3.53. The average Bonchev–Trinajstić information content (AvgIpc) is 3.09. The van der Waals surface area contributed by atoms with E-state index in [1.54, 1.807) is 11.3 Å². The van der Waals surface area contributed by atoms with Crippen LogP contribution in [0.1, 0.15) is 23.2 Å².